The van der Waals surface area contributed by atoms with Gasteiger partial charge >= 0.3 is 5.97 Å². The van der Waals surface area contributed by atoms with Crippen molar-refractivity contribution in [2.45, 2.75) is 12.5 Å². The van der Waals surface area contributed by atoms with Crippen molar-refractivity contribution in [3.8, 4) is 0 Å². The van der Waals surface area contributed by atoms with Crippen molar-refractivity contribution in [1.29, 1.82) is 0 Å². The van der Waals surface area contributed by atoms with Crippen molar-refractivity contribution < 1.29 is 24.3 Å². The van der Waals surface area contributed by atoms with Gasteiger partial charge in [-0.3, -0.25) is 19.3 Å². The number of carbonyl (C=O) groups is 4. The number of anilines is 1. The molecule has 1 aromatic carbocycles. The fourth-order valence-electron chi connectivity index (χ4n) is 2.85. The lowest BCUT2D eigenvalue weighted by Crippen LogP contribution is -2.53. The van der Waals surface area contributed by atoms with Crippen LogP contribution >= 0.6 is 0 Å². The molecule has 3 rings (SSSR count). The molecule has 2 saturated heterocycles. The lowest BCUT2D eigenvalue weighted by Gasteiger charge is -2.30. The zero-order chi connectivity index (χ0) is 16.6. The standard InChI is InChI=1S/C15H15N3O5/c19-12-8-17(6-5-16-12)11-7-13(20)18(14(11)21)10-3-1-9(2-4-10)15(22)23/h1-4,11H,5-8H2,(H,16,19)(H,22,23)/t11-/m0/s1. The number of benzene rings is 1. The number of hydrogen-bond acceptors (Lipinski definition) is 5. The molecular formula is C15H15N3O5. The van der Waals surface area contributed by atoms with Gasteiger partial charge in [0.1, 0.15) is 0 Å². The summed E-state index contributed by atoms with van der Waals surface area (Å²) in [7, 11) is 0. The maximum Gasteiger partial charge on any atom is 0.335 e. The number of carbonyl (C=O) groups excluding carboxylic acids is 3. The summed E-state index contributed by atoms with van der Waals surface area (Å²) in [6, 6.07) is 4.92. The van der Waals surface area contributed by atoms with Crippen molar-refractivity contribution in [1.82, 2.24) is 10.2 Å². The Kier molecular flexibility index (Phi) is 3.83. The second-order valence-corrected chi connectivity index (χ2v) is 5.46. The average molecular weight is 317 g/mol. The van der Waals surface area contributed by atoms with Gasteiger partial charge in [0.25, 0.3) is 5.91 Å². The molecule has 2 fully saturated rings. The molecule has 2 N–H and O–H groups in total. The lowest BCUT2D eigenvalue weighted by molar-refractivity contribution is -0.128. The van der Waals surface area contributed by atoms with E-state index in [2.05, 4.69) is 5.32 Å². The molecule has 3 amide bonds. The van der Waals surface area contributed by atoms with E-state index in [4.69, 9.17) is 5.11 Å². The van der Waals surface area contributed by atoms with Crippen LogP contribution in [0.2, 0.25) is 0 Å². The number of nitrogens with zero attached hydrogens (tertiary/aromatic N) is 2. The molecule has 0 aromatic heterocycles. The monoisotopic (exact) mass is 317 g/mol. The number of nitrogens with one attached hydrogen (secondary N) is 1. The molecule has 2 aliphatic heterocycles. The molecule has 1 atom stereocenters. The highest BCUT2D eigenvalue weighted by Crippen LogP contribution is 2.26. The minimum Gasteiger partial charge on any atom is -0.478 e. The van der Waals surface area contributed by atoms with E-state index in [9.17, 15) is 19.2 Å². The fraction of sp³-hybridized carbons (Fsp3) is 0.333. The Morgan fingerprint density at radius 2 is 1.87 bits per heavy atom. The van der Waals surface area contributed by atoms with Crippen LogP contribution in [-0.4, -0.2) is 59.4 Å². The van der Waals surface area contributed by atoms with Crippen LogP contribution in [0.3, 0.4) is 0 Å². The molecule has 0 unspecified atom stereocenters. The number of amides is 3. The quantitative estimate of drug-likeness (QED) is 0.724. The van der Waals surface area contributed by atoms with Crippen LogP contribution in [0.4, 0.5) is 5.69 Å². The summed E-state index contributed by atoms with van der Waals surface area (Å²) in [4.78, 5) is 49.8. The van der Waals surface area contributed by atoms with Gasteiger partial charge in [0.05, 0.1) is 30.3 Å². The number of imide groups is 1. The molecular weight excluding hydrogens is 302 g/mol. The predicted molar refractivity (Wildman–Crippen MR) is 78.9 cm³/mol. The summed E-state index contributed by atoms with van der Waals surface area (Å²) < 4.78 is 0. The van der Waals surface area contributed by atoms with Crippen LogP contribution in [-0.2, 0) is 14.4 Å². The first kappa shape index (κ1) is 15.2. The first-order chi connectivity index (χ1) is 11.0. The highest BCUT2D eigenvalue weighted by atomic mass is 16.4. The van der Waals surface area contributed by atoms with Gasteiger partial charge in [-0.25, -0.2) is 9.69 Å². The Labute approximate surface area is 131 Å². The van der Waals surface area contributed by atoms with Gasteiger partial charge in [0.15, 0.2) is 0 Å². The third-order valence-corrected chi connectivity index (χ3v) is 4.00. The number of carboxylic acids is 1. The highest BCUT2D eigenvalue weighted by molar-refractivity contribution is 6.22. The molecule has 0 aliphatic carbocycles. The van der Waals surface area contributed by atoms with Gasteiger partial charge in [-0.05, 0) is 24.3 Å². The Balaban J connectivity index is 1.81. The molecule has 0 bridgehead atoms. The van der Waals surface area contributed by atoms with Crippen LogP contribution in [0.5, 0.6) is 0 Å². The second-order valence-electron chi connectivity index (χ2n) is 5.46. The summed E-state index contributed by atoms with van der Waals surface area (Å²) in [6.07, 6.45) is 0.0206. The molecule has 2 heterocycles. The van der Waals surface area contributed by atoms with Crippen molar-refractivity contribution in [3.05, 3.63) is 29.8 Å². The van der Waals surface area contributed by atoms with E-state index in [1.54, 1.807) is 4.90 Å². The molecule has 120 valence electrons. The molecule has 23 heavy (non-hydrogen) atoms. The first-order valence-electron chi connectivity index (χ1n) is 7.18. The number of aromatic carboxylic acids is 1. The Hall–Kier alpha value is -2.74. The third-order valence-electron chi connectivity index (χ3n) is 4.00. The van der Waals surface area contributed by atoms with E-state index in [1.165, 1.54) is 24.3 Å². The zero-order valence-electron chi connectivity index (χ0n) is 12.2. The molecule has 8 nitrogen and oxygen atoms in total. The minimum atomic E-state index is -1.08. The van der Waals surface area contributed by atoms with Crippen LogP contribution in [0.15, 0.2) is 24.3 Å². The third kappa shape index (κ3) is 2.80. The number of rotatable bonds is 3. The molecule has 0 saturated carbocycles. The van der Waals surface area contributed by atoms with Crippen molar-refractivity contribution >= 4 is 29.4 Å². The van der Waals surface area contributed by atoms with E-state index in [0.717, 1.165) is 4.90 Å². The van der Waals surface area contributed by atoms with Gasteiger partial charge in [-0.1, -0.05) is 0 Å². The Bertz CT molecular complexity index is 685. The SMILES string of the molecule is O=C1CN([C@H]2CC(=O)N(c3ccc(C(=O)O)cc3)C2=O)CCN1. The van der Waals surface area contributed by atoms with Crippen LogP contribution < -0.4 is 10.2 Å². The van der Waals surface area contributed by atoms with E-state index >= 15 is 0 Å². The zero-order valence-corrected chi connectivity index (χ0v) is 12.2. The second kappa shape index (κ2) is 5.81. The summed E-state index contributed by atoms with van der Waals surface area (Å²) >= 11 is 0. The Morgan fingerprint density at radius 3 is 2.48 bits per heavy atom. The number of piperazine rings is 1. The Morgan fingerprint density at radius 1 is 1.17 bits per heavy atom. The smallest absolute Gasteiger partial charge is 0.335 e. The van der Waals surface area contributed by atoms with Gasteiger partial charge in [-0.15, -0.1) is 0 Å². The van der Waals surface area contributed by atoms with Crippen LogP contribution in [0.25, 0.3) is 0 Å². The van der Waals surface area contributed by atoms with Gasteiger partial charge in [-0.2, -0.15) is 0 Å². The van der Waals surface area contributed by atoms with E-state index < -0.39 is 12.0 Å². The van der Waals surface area contributed by atoms with Crippen molar-refractivity contribution in [2.75, 3.05) is 24.5 Å². The normalized spacial score (nSPS) is 22.3. The van der Waals surface area contributed by atoms with E-state index in [1.807, 2.05) is 0 Å². The average Bonchev–Trinajstić information content (AvgIpc) is 2.82. The maximum atomic E-state index is 12.6. The van der Waals surface area contributed by atoms with E-state index in [-0.39, 0.29) is 36.3 Å². The van der Waals surface area contributed by atoms with Gasteiger partial charge < -0.3 is 10.4 Å². The van der Waals surface area contributed by atoms with Crippen LogP contribution in [0, 0.1) is 0 Å². The summed E-state index contributed by atoms with van der Waals surface area (Å²) in [5.74, 6) is -1.98. The molecule has 2 aliphatic rings. The summed E-state index contributed by atoms with van der Waals surface area (Å²) in [5, 5.41) is 11.6. The van der Waals surface area contributed by atoms with Crippen molar-refractivity contribution in [3.63, 3.8) is 0 Å². The number of hydrogen-bond donors (Lipinski definition) is 2. The molecule has 8 heteroatoms. The maximum absolute atomic E-state index is 12.6. The topological polar surface area (TPSA) is 107 Å². The lowest BCUT2D eigenvalue weighted by atomic mass is 10.2. The number of carboxylic acid groups (broad SMARTS) is 1. The molecule has 0 spiro atoms. The van der Waals surface area contributed by atoms with Crippen LogP contribution in [0.1, 0.15) is 16.8 Å². The van der Waals surface area contributed by atoms with Gasteiger partial charge in [0.2, 0.25) is 11.8 Å². The largest absolute Gasteiger partial charge is 0.478 e. The molecule has 0 radical (unpaired) electrons. The first-order valence-corrected chi connectivity index (χ1v) is 7.18. The molecule has 1 aromatic rings. The predicted octanol–water partition coefficient (Wildman–Crippen LogP) is -0.551. The fourth-order valence-corrected chi connectivity index (χ4v) is 2.85. The van der Waals surface area contributed by atoms with E-state index in [0.29, 0.717) is 18.8 Å². The summed E-state index contributed by atoms with van der Waals surface area (Å²) in [5.41, 5.74) is 0.422. The van der Waals surface area contributed by atoms with Crippen molar-refractivity contribution in [2.24, 2.45) is 0 Å². The van der Waals surface area contributed by atoms with Gasteiger partial charge in [0, 0.05) is 13.1 Å². The minimum absolute atomic E-state index is 0.0206. The highest BCUT2D eigenvalue weighted by Gasteiger charge is 2.43. The summed E-state index contributed by atoms with van der Waals surface area (Å²) in [6.45, 7) is 1.06.